The molecule has 468 valence electrons. The third kappa shape index (κ3) is 9.29. The Bertz CT molecular complexity index is 5800. The topological polar surface area (TPSA) is 104 Å². The van der Waals surface area contributed by atoms with Gasteiger partial charge in [-0.1, -0.05) is 322 Å². The summed E-state index contributed by atoms with van der Waals surface area (Å²) in [5.74, 6) is 3.74. The van der Waals surface area contributed by atoms with Gasteiger partial charge in [0.15, 0.2) is 34.9 Å². The Balaban J connectivity index is 0.000000139. The minimum Gasteiger partial charge on any atom is -0.456 e. The molecule has 8 nitrogen and oxygen atoms in total. The Kier molecular flexibility index (Phi) is 13.8. The largest absolute Gasteiger partial charge is 0.456 e. The molecule has 18 aromatic rings. The predicted octanol–water partition coefficient (Wildman–Crippen LogP) is 22.3. The Labute approximate surface area is 577 Å². The molecule has 0 unspecified atom stereocenters. The van der Waals surface area contributed by atoms with Crippen LogP contribution in [0.3, 0.4) is 0 Å². The van der Waals surface area contributed by atoms with Crippen molar-refractivity contribution in [1.29, 1.82) is 0 Å². The van der Waals surface area contributed by atoms with Crippen molar-refractivity contribution in [2.75, 3.05) is 0 Å². The highest BCUT2D eigenvalue weighted by Crippen LogP contribution is 2.60. The summed E-state index contributed by atoms with van der Waals surface area (Å²) in [6.07, 6.45) is 0. The molecule has 0 aliphatic heterocycles. The SMILES string of the molecule is c1ccc(-c2nc(-c3ccccc3)nc(-c3ccc4c(c3)oc3c(C5(c6ccccc6)c6ccccc6-c6ccccc65)cccc34)n2)cc1.c1ccc(-c2nc(-c3ccccc3)nc(-c3ccc4oc5c(C6(c7ccccc7)c7ccccc7-c7ccccc76)cccc5c4c3)n2)cc1. The lowest BCUT2D eigenvalue weighted by Crippen LogP contribution is -2.28. The van der Waals surface area contributed by atoms with Crippen molar-refractivity contribution < 1.29 is 8.83 Å². The van der Waals surface area contributed by atoms with Crippen LogP contribution >= 0.6 is 0 Å². The molecule has 4 aromatic heterocycles. The van der Waals surface area contributed by atoms with E-state index in [9.17, 15) is 0 Å². The Morgan fingerprint density at radius 2 is 0.480 bits per heavy atom. The van der Waals surface area contributed by atoms with Gasteiger partial charge in [0.2, 0.25) is 0 Å². The van der Waals surface area contributed by atoms with E-state index in [1.807, 2.05) is 127 Å². The van der Waals surface area contributed by atoms with Gasteiger partial charge in [-0.25, -0.2) is 29.9 Å². The molecule has 0 saturated heterocycles. The lowest BCUT2D eigenvalue weighted by Gasteiger charge is -2.33. The van der Waals surface area contributed by atoms with E-state index in [0.29, 0.717) is 34.9 Å². The third-order valence-electron chi connectivity index (χ3n) is 20.0. The van der Waals surface area contributed by atoms with Crippen LogP contribution in [0.1, 0.15) is 44.5 Å². The molecule has 0 fully saturated rings. The van der Waals surface area contributed by atoms with Crippen LogP contribution in [-0.4, -0.2) is 29.9 Å². The quantitative estimate of drug-likeness (QED) is 0.133. The number of benzene rings is 14. The van der Waals surface area contributed by atoms with E-state index in [-0.39, 0.29) is 0 Å². The standard InChI is InChI=1S/2C46H29N3O/c1-4-15-30(16-5-1)43-47-44(31-17-6-2-7-18-31)49-45(48-43)32-27-28-36-37-23-14-26-40(42(37)50-41(36)29-32)46(33-19-8-3-9-20-33)38-24-12-10-21-34(38)35-22-11-13-25-39(35)46;1-4-15-30(16-5-1)43-47-44(31-17-6-2-7-18-31)49-45(48-43)32-27-28-41-37(29-32)36-23-14-26-40(42(36)50-41)46(33-19-8-3-9-20-33)38-24-12-10-21-34(38)35-22-11-13-25-39(35)46/h2*1-29H. The van der Waals surface area contributed by atoms with Crippen LogP contribution < -0.4 is 0 Å². The number of rotatable bonds is 10. The average molecular weight is 1280 g/mol. The zero-order valence-electron chi connectivity index (χ0n) is 54.0. The van der Waals surface area contributed by atoms with Crippen molar-refractivity contribution in [3.8, 4) is 90.6 Å². The van der Waals surface area contributed by atoms with E-state index in [4.69, 9.17) is 38.7 Å². The first-order chi connectivity index (χ1) is 49.6. The molecule has 0 spiro atoms. The van der Waals surface area contributed by atoms with Crippen LogP contribution in [0.25, 0.3) is 134 Å². The van der Waals surface area contributed by atoms with Crippen molar-refractivity contribution in [3.63, 3.8) is 0 Å². The zero-order chi connectivity index (χ0) is 66.1. The van der Waals surface area contributed by atoms with Gasteiger partial charge in [0.25, 0.3) is 0 Å². The molecule has 0 bridgehead atoms. The first-order valence-corrected chi connectivity index (χ1v) is 33.7. The predicted molar refractivity (Wildman–Crippen MR) is 401 cm³/mol. The summed E-state index contributed by atoms with van der Waals surface area (Å²) < 4.78 is 13.9. The fourth-order valence-corrected chi connectivity index (χ4v) is 15.7. The first kappa shape index (κ1) is 58.1. The normalized spacial score (nSPS) is 13.0. The number of para-hydroxylation sites is 2. The summed E-state index contributed by atoms with van der Waals surface area (Å²) in [5.41, 5.74) is 22.4. The summed E-state index contributed by atoms with van der Waals surface area (Å²) in [6.45, 7) is 0. The van der Waals surface area contributed by atoms with E-state index in [2.05, 4.69) is 224 Å². The van der Waals surface area contributed by atoms with Gasteiger partial charge in [-0.15, -0.1) is 0 Å². The second-order valence-corrected chi connectivity index (χ2v) is 25.5. The molecule has 2 aliphatic rings. The van der Waals surface area contributed by atoms with Crippen molar-refractivity contribution in [1.82, 2.24) is 29.9 Å². The molecule has 0 amide bonds. The van der Waals surface area contributed by atoms with Gasteiger partial charge in [0.05, 0.1) is 10.8 Å². The molecule has 4 heterocycles. The van der Waals surface area contributed by atoms with Crippen molar-refractivity contribution >= 4 is 43.9 Å². The number of furan rings is 2. The van der Waals surface area contributed by atoms with Gasteiger partial charge in [-0.3, -0.25) is 0 Å². The molecule has 20 rings (SSSR count). The monoisotopic (exact) mass is 1280 g/mol. The second-order valence-electron chi connectivity index (χ2n) is 25.5. The molecular formula is C92H58N6O2. The zero-order valence-corrected chi connectivity index (χ0v) is 54.0. The molecule has 8 heteroatoms. The number of hydrogen-bond donors (Lipinski definition) is 0. The highest BCUT2D eigenvalue weighted by molar-refractivity contribution is 6.10. The van der Waals surface area contributed by atoms with Gasteiger partial charge in [-0.2, -0.15) is 0 Å². The van der Waals surface area contributed by atoms with Crippen molar-refractivity contribution in [2.24, 2.45) is 0 Å². The Morgan fingerprint density at radius 1 is 0.190 bits per heavy atom. The maximum Gasteiger partial charge on any atom is 0.164 e. The Morgan fingerprint density at radius 3 is 0.860 bits per heavy atom. The van der Waals surface area contributed by atoms with Crippen LogP contribution in [0.4, 0.5) is 0 Å². The maximum absolute atomic E-state index is 6.99. The van der Waals surface area contributed by atoms with E-state index < -0.39 is 10.8 Å². The summed E-state index contributed by atoms with van der Waals surface area (Å²) in [5, 5.41) is 4.20. The fraction of sp³-hybridized carbons (Fsp3) is 0.0217. The van der Waals surface area contributed by atoms with Gasteiger partial charge < -0.3 is 8.83 Å². The van der Waals surface area contributed by atoms with E-state index in [1.54, 1.807) is 0 Å². The van der Waals surface area contributed by atoms with Gasteiger partial charge in [0.1, 0.15) is 22.3 Å². The summed E-state index contributed by atoms with van der Waals surface area (Å²) in [7, 11) is 0. The molecule has 0 radical (unpaired) electrons. The van der Waals surface area contributed by atoms with Crippen LogP contribution in [0.2, 0.25) is 0 Å². The smallest absolute Gasteiger partial charge is 0.164 e. The van der Waals surface area contributed by atoms with Crippen LogP contribution in [0.15, 0.2) is 361 Å². The summed E-state index contributed by atoms with van der Waals surface area (Å²) in [6, 6.07) is 123. The molecular weight excluding hydrogens is 1220 g/mol. The lowest BCUT2D eigenvalue weighted by atomic mass is 9.67. The minimum atomic E-state index is -0.561. The number of fused-ring (bicyclic) bond motifs is 12. The fourth-order valence-electron chi connectivity index (χ4n) is 15.7. The van der Waals surface area contributed by atoms with Crippen LogP contribution in [0, 0.1) is 0 Å². The first-order valence-electron chi connectivity index (χ1n) is 33.7. The second kappa shape index (κ2) is 23.8. The van der Waals surface area contributed by atoms with Crippen LogP contribution in [0.5, 0.6) is 0 Å². The third-order valence-corrected chi connectivity index (χ3v) is 20.0. The van der Waals surface area contributed by atoms with Gasteiger partial charge in [0, 0.05) is 66.1 Å². The van der Waals surface area contributed by atoms with Crippen molar-refractivity contribution in [2.45, 2.75) is 10.8 Å². The maximum atomic E-state index is 6.99. The number of hydrogen-bond acceptors (Lipinski definition) is 8. The molecule has 100 heavy (non-hydrogen) atoms. The number of aromatic nitrogens is 6. The highest BCUT2D eigenvalue weighted by Gasteiger charge is 2.49. The van der Waals surface area contributed by atoms with Gasteiger partial charge >= 0.3 is 0 Å². The molecule has 2 aliphatic carbocycles. The summed E-state index contributed by atoms with van der Waals surface area (Å²) >= 11 is 0. The molecule has 14 aromatic carbocycles. The molecule has 0 atom stereocenters. The van der Waals surface area contributed by atoms with Crippen LogP contribution in [-0.2, 0) is 10.8 Å². The number of nitrogens with zero attached hydrogens (tertiary/aromatic N) is 6. The molecule has 0 saturated carbocycles. The molecule has 0 N–H and O–H groups in total. The lowest BCUT2D eigenvalue weighted by molar-refractivity contribution is 0.648. The van der Waals surface area contributed by atoms with Gasteiger partial charge in [-0.05, 0) is 86.0 Å². The van der Waals surface area contributed by atoms with E-state index in [1.165, 1.54) is 55.6 Å². The minimum absolute atomic E-state index is 0.561. The highest BCUT2D eigenvalue weighted by atomic mass is 16.3. The summed E-state index contributed by atoms with van der Waals surface area (Å²) in [4.78, 5) is 29.7. The Hall–Kier alpha value is -13.3. The van der Waals surface area contributed by atoms with Crippen molar-refractivity contribution in [3.05, 3.63) is 396 Å². The average Bonchev–Trinajstić information content (AvgIpc) is 1.53. The van der Waals surface area contributed by atoms with E-state index in [0.717, 1.165) is 88.4 Å². The van der Waals surface area contributed by atoms with E-state index >= 15 is 0 Å².